The van der Waals surface area contributed by atoms with Crippen LogP contribution in [0, 0.1) is 6.92 Å². The van der Waals surface area contributed by atoms with E-state index >= 15 is 0 Å². The van der Waals surface area contributed by atoms with Crippen LogP contribution in [0.5, 0.6) is 5.75 Å². The number of hydrogen-bond acceptors (Lipinski definition) is 4. The second kappa shape index (κ2) is 11.2. The fraction of sp³-hybridized carbons (Fsp3) is 0.458. The molecule has 1 amide bonds. The van der Waals surface area contributed by atoms with Crippen molar-refractivity contribution in [2.75, 3.05) is 17.1 Å². The lowest BCUT2D eigenvalue weighted by Gasteiger charge is -2.30. The van der Waals surface area contributed by atoms with Crippen LogP contribution < -0.4 is 14.4 Å². The van der Waals surface area contributed by atoms with E-state index in [-0.39, 0.29) is 12.0 Å². The minimum Gasteiger partial charge on any atom is -0.491 e. The lowest BCUT2D eigenvalue weighted by molar-refractivity contribution is -0.122. The predicted molar refractivity (Wildman–Crippen MR) is 126 cm³/mol. The highest BCUT2D eigenvalue weighted by atomic mass is 32.2. The third-order valence-electron chi connectivity index (χ3n) is 4.82. The number of ether oxygens (including phenoxy) is 1. The van der Waals surface area contributed by atoms with E-state index in [1.54, 1.807) is 18.2 Å². The second-order valence-electron chi connectivity index (χ2n) is 8.03. The molecule has 0 aliphatic carbocycles. The standard InChI is InChI=1S/C24H34N2O4S/c1-6-23(26(31(5,28)29)21-11-7-9-19(4)17-21)24(27)25-16-8-10-20-12-14-22(15-13-20)30-18(2)3/h7,9,11-15,17-18,23H,6,8,10,16H2,1-5H3,(H,25,27)/t23-/m1/s1. The molecule has 0 bridgehead atoms. The SMILES string of the molecule is CC[C@H](C(=O)NCCCc1ccc(OC(C)C)cc1)N(c1cccc(C)c1)S(C)(=O)=O. The molecular formula is C24H34N2O4S. The number of carbonyl (C=O) groups is 1. The van der Waals surface area contributed by atoms with Gasteiger partial charge in [-0.15, -0.1) is 0 Å². The Kier molecular flexibility index (Phi) is 8.92. The zero-order valence-corrected chi connectivity index (χ0v) is 19.9. The lowest BCUT2D eigenvalue weighted by atomic mass is 10.1. The Hall–Kier alpha value is -2.54. The molecule has 0 heterocycles. The van der Waals surface area contributed by atoms with Crippen LogP contribution in [0.15, 0.2) is 48.5 Å². The Bertz CT molecular complexity index is 956. The number of hydrogen-bond donors (Lipinski definition) is 1. The summed E-state index contributed by atoms with van der Waals surface area (Å²) in [6.07, 6.45) is 3.23. The van der Waals surface area contributed by atoms with Crippen molar-refractivity contribution in [3.63, 3.8) is 0 Å². The minimum atomic E-state index is -3.62. The molecule has 31 heavy (non-hydrogen) atoms. The van der Waals surface area contributed by atoms with E-state index < -0.39 is 16.1 Å². The molecule has 0 aliphatic rings. The van der Waals surface area contributed by atoms with Crippen molar-refractivity contribution in [2.24, 2.45) is 0 Å². The Morgan fingerprint density at radius 2 is 1.81 bits per heavy atom. The van der Waals surface area contributed by atoms with Gasteiger partial charge < -0.3 is 10.1 Å². The lowest BCUT2D eigenvalue weighted by Crippen LogP contribution is -2.49. The van der Waals surface area contributed by atoms with Crippen molar-refractivity contribution in [1.29, 1.82) is 0 Å². The van der Waals surface area contributed by atoms with E-state index in [1.165, 1.54) is 4.31 Å². The van der Waals surface area contributed by atoms with Crippen LogP contribution in [0.25, 0.3) is 0 Å². The van der Waals surface area contributed by atoms with E-state index in [1.807, 2.05) is 58.0 Å². The number of benzene rings is 2. The third-order valence-corrected chi connectivity index (χ3v) is 6.00. The second-order valence-corrected chi connectivity index (χ2v) is 9.89. The van der Waals surface area contributed by atoms with Gasteiger partial charge in [-0.1, -0.05) is 31.2 Å². The van der Waals surface area contributed by atoms with Gasteiger partial charge in [0.15, 0.2) is 0 Å². The summed E-state index contributed by atoms with van der Waals surface area (Å²) in [5.74, 6) is 0.560. The molecule has 170 valence electrons. The van der Waals surface area contributed by atoms with Crippen LogP contribution in [0.4, 0.5) is 5.69 Å². The molecule has 0 saturated heterocycles. The van der Waals surface area contributed by atoms with Gasteiger partial charge in [0.25, 0.3) is 0 Å². The van der Waals surface area contributed by atoms with Crippen molar-refractivity contribution in [2.45, 2.75) is 59.1 Å². The predicted octanol–water partition coefficient (Wildman–Crippen LogP) is 4.08. The highest BCUT2D eigenvalue weighted by molar-refractivity contribution is 7.92. The fourth-order valence-electron chi connectivity index (χ4n) is 3.45. The van der Waals surface area contributed by atoms with E-state index in [9.17, 15) is 13.2 Å². The van der Waals surface area contributed by atoms with Crippen LogP contribution >= 0.6 is 0 Å². The molecule has 0 fully saturated rings. The summed E-state index contributed by atoms with van der Waals surface area (Å²) in [5, 5.41) is 2.91. The van der Waals surface area contributed by atoms with Gasteiger partial charge in [-0.05, 0) is 75.4 Å². The van der Waals surface area contributed by atoms with Gasteiger partial charge in [-0.25, -0.2) is 8.42 Å². The zero-order valence-electron chi connectivity index (χ0n) is 19.1. The summed E-state index contributed by atoms with van der Waals surface area (Å²) in [4.78, 5) is 12.8. The van der Waals surface area contributed by atoms with Crippen molar-refractivity contribution < 1.29 is 17.9 Å². The summed E-state index contributed by atoms with van der Waals surface area (Å²) in [6, 6.07) is 14.4. The number of carbonyl (C=O) groups excluding carboxylic acids is 1. The van der Waals surface area contributed by atoms with Crippen LogP contribution in [0.1, 0.15) is 44.7 Å². The maximum Gasteiger partial charge on any atom is 0.243 e. The molecule has 1 N–H and O–H groups in total. The highest BCUT2D eigenvalue weighted by Gasteiger charge is 2.31. The first kappa shape index (κ1) is 24.7. The van der Waals surface area contributed by atoms with Crippen molar-refractivity contribution in [1.82, 2.24) is 5.32 Å². The first-order valence-electron chi connectivity index (χ1n) is 10.7. The average Bonchev–Trinajstić information content (AvgIpc) is 2.69. The summed E-state index contributed by atoms with van der Waals surface area (Å²) in [7, 11) is -3.62. The largest absolute Gasteiger partial charge is 0.491 e. The number of rotatable bonds is 11. The van der Waals surface area contributed by atoms with Gasteiger partial charge in [0.05, 0.1) is 18.0 Å². The summed E-state index contributed by atoms with van der Waals surface area (Å²) < 4.78 is 31.9. The molecule has 0 spiro atoms. The molecule has 0 aromatic heterocycles. The number of amides is 1. The van der Waals surface area contributed by atoms with E-state index in [4.69, 9.17) is 4.74 Å². The van der Waals surface area contributed by atoms with E-state index in [2.05, 4.69) is 5.32 Å². The van der Waals surface area contributed by atoms with Gasteiger partial charge in [-0.3, -0.25) is 9.10 Å². The molecule has 0 saturated carbocycles. The topological polar surface area (TPSA) is 75.7 Å². The summed E-state index contributed by atoms with van der Waals surface area (Å²) in [6.45, 7) is 8.17. The maximum absolute atomic E-state index is 12.8. The monoisotopic (exact) mass is 446 g/mol. The van der Waals surface area contributed by atoms with Gasteiger partial charge in [-0.2, -0.15) is 0 Å². The maximum atomic E-state index is 12.8. The average molecular weight is 447 g/mol. The fourth-order valence-corrected chi connectivity index (χ4v) is 4.66. The van der Waals surface area contributed by atoms with Crippen LogP contribution in [-0.2, 0) is 21.2 Å². The van der Waals surface area contributed by atoms with Gasteiger partial charge in [0.2, 0.25) is 15.9 Å². The Labute approximate surface area is 186 Å². The number of aryl methyl sites for hydroxylation is 2. The first-order chi connectivity index (χ1) is 14.6. The molecule has 0 radical (unpaired) electrons. The normalized spacial score (nSPS) is 12.5. The first-order valence-corrected chi connectivity index (χ1v) is 12.6. The molecule has 7 heteroatoms. The summed E-state index contributed by atoms with van der Waals surface area (Å²) >= 11 is 0. The van der Waals surface area contributed by atoms with E-state index in [0.717, 1.165) is 36.0 Å². The highest BCUT2D eigenvalue weighted by Crippen LogP contribution is 2.23. The van der Waals surface area contributed by atoms with Crippen LogP contribution in [-0.4, -0.2) is 39.3 Å². The smallest absolute Gasteiger partial charge is 0.243 e. The van der Waals surface area contributed by atoms with Gasteiger partial charge in [0.1, 0.15) is 11.8 Å². The minimum absolute atomic E-state index is 0.138. The molecule has 1 atom stereocenters. The molecule has 2 aromatic rings. The molecular weight excluding hydrogens is 412 g/mol. The molecule has 0 unspecified atom stereocenters. The molecule has 6 nitrogen and oxygen atoms in total. The number of nitrogens with zero attached hydrogens (tertiary/aromatic N) is 1. The summed E-state index contributed by atoms with van der Waals surface area (Å²) in [5.41, 5.74) is 2.61. The van der Waals surface area contributed by atoms with Crippen molar-refractivity contribution in [3.8, 4) is 5.75 Å². The number of anilines is 1. The number of sulfonamides is 1. The third kappa shape index (κ3) is 7.58. The van der Waals surface area contributed by atoms with Crippen LogP contribution in [0.2, 0.25) is 0 Å². The van der Waals surface area contributed by atoms with Crippen molar-refractivity contribution >= 4 is 21.6 Å². The van der Waals surface area contributed by atoms with E-state index in [0.29, 0.717) is 18.7 Å². The Morgan fingerprint density at radius 3 is 2.35 bits per heavy atom. The molecule has 2 rings (SSSR count). The number of nitrogens with one attached hydrogen (secondary N) is 1. The van der Waals surface area contributed by atoms with Gasteiger partial charge >= 0.3 is 0 Å². The van der Waals surface area contributed by atoms with Crippen molar-refractivity contribution in [3.05, 3.63) is 59.7 Å². The zero-order chi connectivity index (χ0) is 23.0. The van der Waals surface area contributed by atoms with Gasteiger partial charge in [0, 0.05) is 6.54 Å². The molecule has 0 aliphatic heterocycles. The quantitative estimate of drug-likeness (QED) is 0.528. The Balaban J connectivity index is 1.97. The van der Waals surface area contributed by atoms with Crippen LogP contribution in [0.3, 0.4) is 0 Å². The Morgan fingerprint density at radius 1 is 1.13 bits per heavy atom. The molecule has 2 aromatic carbocycles.